The first-order valence-corrected chi connectivity index (χ1v) is 7.47. The lowest BCUT2D eigenvalue weighted by Crippen LogP contribution is -2.07. The molecule has 0 N–H and O–H groups in total. The fraction of sp³-hybridized carbons (Fsp3) is 0.0500. The van der Waals surface area contributed by atoms with Crippen molar-refractivity contribution in [2.24, 2.45) is 7.05 Å². The second-order valence-electron chi connectivity index (χ2n) is 5.36. The predicted octanol–water partition coefficient (Wildman–Crippen LogP) is 3.88. The molecule has 2 heterocycles. The van der Waals surface area contributed by atoms with E-state index in [1.165, 1.54) is 0 Å². The van der Waals surface area contributed by atoms with E-state index in [2.05, 4.69) is 4.98 Å². The Hall–Kier alpha value is -3.45. The zero-order valence-corrected chi connectivity index (χ0v) is 13.2. The molecular weight excluding hydrogens is 298 g/mol. The lowest BCUT2D eigenvalue weighted by molar-refractivity contribution is 0.103. The van der Waals surface area contributed by atoms with Crippen LogP contribution in [0.1, 0.15) is 16.1 Å². The summed E-state index contributed by atoms with van der Waals surface area (Å²) in [7, 11) is 1.78. The van der Waals surface area contributed by atoms with Crippen molar-refractivity contribution in [2.45, 2.75) is 0 Å². The average molecular weight is 313 g/mol. The van der Waals surface area contributed by atoms with E-state index in [-0.39, 0.29) is 11.4 Å². The van der Waals surface area contributed by atoms with Gasteiger partial charge in [0.15, 0.2) is 0 Å². The second-order valence-corrected chi connectivity index (χ2v) is 5.36. The molecule has 3 aromatic rings. The number of allylic oxidation sites excluding steroid dienone is 1. The smallest absolute Gasteiger partial charge is 0.219 e. The molecule has 116 valence electrons. The molecule has 0 fully saturated rings. The number of hydrogen-bond donors (Lipinski definition) is 0. The van der Waals surface area contributed by atoms with Gasteiger partial charge < -0.3 is 4.57 Å². The highest BCUT2D eigenvalue weighted by Gasteiger charge is 2.14. The number of hydrogen-bond acceptors (Lipinski definition) is 3. The summed E-state index contributed by atoms with van der Waals surface area (Å²) in [5.74, 6) is -0.278. The highest BCUT2D eigenvalue weighted by atomic mass is 16.1. The molecule has 24 heavy (non-hydrogen) atoms. The van der Waals surface area contributed by atoms with Crippen molar-refractivity contribution in [3.05, 3.63) is 84.0 Å². The molecule has 4 heteroatoms. The Morgan fingerprint density at radius 2 is 1.92 bits per heavy atom. The van der Waals surface area contributed by atoms with Crippen molar-refractivity contribution in [2.75, 3.05) is 0 Å². The van der Waals surface area contributed by atoms with Gasteiger partial charge in [-0.3, -0.25) is 9.78 Å². The van der Waals surface area contributed by atoms with Gasteiger partial charge in [0.05, 0.1) is 5.69 Å². The van der Waals surface area contributed by atoms with Crippen LogP contribution in [0.4, 0.5) is 0 Å². The van der Waals surface area contributed by atoms with Crippen LogP contribution >= 0.6 is 0 Å². The van der Waals surface area contributed by atoms with Gasteiger partial charge in [0.1, 0.15) is 11.6 Å². The normalized spacial score (nSPS) is 11.1. The van der Waals surface area contributed by atoms with Crippen LogP contribution in [-0.2, 0) is 7.05 Å². The first-order valence-electron chi connectivity index (χ1n) is 7.47. The number of ketones is 1. The van der Waals surface area contributed by atoms with Gasteiger partial charge in [-0.15, -0.1) is 0 Å². The summed E-state index contributed by atoms with van der Waals surface area (Å²) < 4.78 is 1.71. The Morgan fingerprint density at radius 1 is 1.12 bits per heavy atom. The summed E-state index contributed by atoms with van der Waals surface area (Å²) in [6, 6.07) is 17.1. The number of pyridine rings is 1. The van der Waals surface area contributed by atoms with Gasteiger partial charge in [-0.2, -0.15) is 5.26 Å². The summed E-state index contributed by atoms with van der Waals surface area (Å²) in [6.07, 6.45) is 6.88. The van der Waals surface area contributed by atoms with Gasteiger partial charge in [-0.25, -0.2) is 0 Å². The molecule has 0 unspecified atom stereocenters. The lowest BCUT2D eigenvalue weighted by Gasteiger charge is -2.04. The Kier molecular flexibility index (Phi) is 4.35. The van der Waals surface area contributed by atoms with Crippen LogP contribution in [0.2, 0.25) is 0 Å². The van der Waals surface area contributed by atoms with E-state index in [0.29, 0.717) is 5.69 Å². The fourth-order valence-electron chi connectivity index (χ4n) is 2.50. The van der Waals surface area contributed by atoms with Gasteiger partial charge in [0.25, 0.3) is 0 Å². The van der Waals surface area contributed by atoms with Crippen LogP contribution in [0.5, 0.6) is 0 Å². The summed E-state index contributed by atoms with van der Waals surface area (Å²) in [4.78, 5) is 16.5. The lowest BCUT2D eigenvalue weighted by atomic mass is 10.0. The van der Waals surface area contributed by atoms with Crippen molar-refractivity contribution in [1.29, 1.82) is 5.26 Å². The number of aryl methyl sites for hydroxylation is 1. The zero-order chi connectivity index (χ0) is 16.9. The van der Waals surface area contributed by atoms with E-state index >= 15 is 0 Å². The number of aromatic nitrogens is 2. The molecule has 0 amide bonds. The van der Waals surface area contributed by atoms with Crippen LogP contribution in [0.25, 0.3) is 17.2 Å². The van der Waals surface area contributed by atoms with Crippen molar-refractivity contribution >= 4 is 11.9 Å². The van der Waals surface area contributed by atoms with E-state index in [1.807, 2.05) is 42.5 Å². The number of carbonyl (C=O) groups is 1. The highest BCUT2D eigenvalue weighted by molar-refractivity contribution is 6.13. The first kappa shape index (κ1) is 15.4. The van der Waals surface area contributed by atoms with Crippen LogP contribution in [-0.4, -0.2) is 15.3 Å². The number of carbonyl (C=O) groups excluding carboxylic acids is 1. The third kappa shape index (κ3) is 3.16. The molecule has 0 saturated carbocycles. The second kappa shape index (κ2) is 6.76. The molecule has 2 aromatic heterocycles. The fourth-order valence-corrected chi connectivity index (χ4v) is 2.50. The maximum atomic E-state index is 12.5. The third-order valence-corrected chi connectivity index (χ3v) is 3.75. The van der Waals surface area contributed by atoms with Crippen molar-refractivity contribution < 1.29 is 4.79 Å². The average Bonchev–Trinajstić information content (AvgIpc) is 3.06. The molecular formula is C20H15N3O. The molecule has 0 spiro atoms. The SMILES string of the molecule is Cn1cccc1C(=O)/C(C#N)=C/c1cccc(-c2ccncc2)c1. The molecule has 4 nitrogen and oxygen atoms in total. The first-order chi connectivity index (χ1) is 11.7. The monoisotopic (exact) mass is 313 g/mol. The van der Waals surface area contributed by atoms with Crippen molar-refractivity contribution in [3.8, 4) is 17.2 Å². The minimum absolute atomic E-state index is 0.115. The van der Waals surface area contributed by atoms with Crippen molar-refractivity contribution in [3.63, 3.8) is 0 Å². The molecule has 3 rings (SSSR count). The summed E-state index contributed by atoms with van der Waals surface area (Å²) in [5, 5.41) is 9.38. The summed E-state index contributed by atoms with van der Waals surface area (Å²) in [6.45, 7) is 0. The molecule has 0 aliphatic heterocycles. The highest BCUT2D eigenvalue weighted by Crippen LogP contribution is 2.21. The molecule has 0 atom stereocenters. The summed E-state index contributed by atoms with van der Waals surface area (Å²) >= 11 is 0. The number of nitriles is 1. The number of benzene rings is 1. The van der Waals surface area contributed by atoms with Gasteiger partial charge >= 0.3 is 0 Å². The minimum atomic E-state index is -0.278. The topological polar surface area (TPSA) is 58.7 Å². The predicted molar refractivity (Wildman–Crippen MR) is 93.0 cm³/mol. The van der Waals surface area contributed by atoms with Crippen LogP contribution in [0, 0.1) is 11.3 Å². The molecule has 0 saturated heterocycles. The van der Waals surface area contributed by atoms with Crippen molar-refractivity contribution in [1.82, 2.24) is 9.55 Å². The molecule has 0 radical (unpaired) electrons. The van der Waals surface area contributed by atoms with E-state index < -0.39 is 0 Å². The quantitative estimate of drug-likeness (QED) is 0.417. The van der Waals surface area contributed by atoms with E-state index in [4.69, 9.17) is 0 Å². The standard InChI is InChI=1S/C20H15N3O/c1-23-11-3-6-19(23)20(24)18(14-21)13-15-4-2-5-17(12-15)16-7-9-22-10-8-16/h2-13H,1H3/b18-13+. The Balaban J connectivity index is 1.97. The van der Waals surface area contributed by atoms with E-state index in [0.717, 1.165) is 16.7 Å². The largest absolute Gasteiger partial charge is 0.348 e. The number of nitrogens with zero attached hydrogens (tertiary/aromatic N) is 3. The maximum Gasteiger partial charge on any atom is 0.219 e. The van der Waals surface area contributed by atoms with Gasteiger partial charge in [0, 0.05) is 25.6 Å². The third-order valence-electron chi connectivity index (χ3n) is 3.75. The molecule has 0 aliphatic carbocycles. The molecule has 0 aliphatic rings. The van der Waals surface area contributed by atoms with Gasteiger partial charge in [-0.1, -0.05) is 18.2 Å². The number of Topliss-reactive ketones (excluding diaryl/α,β-unsaturated/α-hetero) is 1. The van der Waals surface area contributed by atoms with E-state index in [1.54, 1.807) is 48.4 Å². The van der Waals surface area contributed by atoms with Crippen LogP contribution < -0.4 is 0 Å². The van der Waals surface area contributed by atoms with Crippen LogP contribution in [0.3, 0.4) is 0 Å². The number of rotatable bonds is 4. The Morgan fingerprint density at radius 3 is 2.58 bits per heavy atom. The van der Waals surface area contributed by atoms with Gasteiger partial charge in [0.2, 0.25) is 5.78 Å². The van der Waals surface area contributed by atoms with E-state index in [9.17, 15) is 10.1 Å². The van der Waals surface area contributed by atoms with Gasteiger partial charge in [-0.05, 0) is 53.1 Å². The minimum Gasteiger partial charge on any atom is -0.348 e. The Bertz CT molecular complexity index is 946. The summed E-state index contributed by atoms with van der Waals surface area (Å²) in [5.41, 5.74) is 3.46. The zero-order valence-electron chi connectivity index (χ0n) is 13.2. The molecule has 1 aromatic carbocycles. The maximum absolute atomic E-state index is 12.5. The van der Waals surface area contributed by atoms with Crippen LogP contribution in [0.15, 0.2) is 72.7 Å². The Labute approximate surface area is 140 Å². The molecule has 0 bridgehead atoms.